The van der Waals surface area contributed by atoms with Crippen LogP contribution >= 0.6 is 23.2 Å². The van der Waals surface area contributed by atoms with Gasteiger partial charge in [0.05, 0.1) is 39.2 Å². The summed E-state index contributed by atoms with van der Waals surface area (Å²) in [5.74, 6) is -2.52. The van der Waals surface area contributed by atoms with Gasteiger partial charge in [-0.05, 0) is 37.1 Å². The number of allylic oxidation sites excluding steroid dienone is 2. The Hall–Kier alpha value is -3.16. The van der Waals surface area contributed by atoms with E-state index in [0.717, 1.165) is 0 Å². The van der Waals surface area contributed by atoms with Gasteiger partial charge in [-0.15, -0.1) is 0 Å². The Morgan fingerprint density at radius 1 is 0.941 bits per heavy atom. The van der Waals surface area contributed by atoms with Gasteiger partial charge in [-0.2, -0.15) is 0 Å². The number of benzene rings is 2. The van der Waals surface area contributed by atoms with Crippen LogP contribution in [0.2, 0.25) is 10.0 Å². The Morgan fingerprint density at radius 2 is 1.62 bits per heavy atom. The van der Waals surface area contributed by atoms with Gasteiger partial charge in [0.25, 0.3) is 0 Å². The number of halogens is 2. The molecule has 0 N–H and O–H groups in total. The molecule has 5 rings (SSSR count). The summed E-state index contributed by atoms with van der Waals surface area (Å²) in [6.45, 7) is 0.108. The summed E-state index contributed by atoms with van der Waals surface area (Å²) in [4.78, 5) is 53.7. The lowest BCUT2D eigenvalue weighted by atomic mass is 9.85. The highest BCUT2D eigenvalue weighted by Gasteiger charge is 2.48. The first-order chi connectivity index (χ1) is 16.3. The van der Waals surface area contributed by atoms with E-state index >= 15 is 0 Å². The van der Waals surface area contributed by atoms with Crippen LogP contribution in [-0.4, -0.2) is 30.2 Å². The molecule has 2 heterocycles. The zero-order valence-electron chi connectivity index (χ0n) is 17.9. The third-order valence-corrected chi connectivity index (χ3v) is 7.29. The van der Waals surface area contributed by atoms with Crippen molar-refractivity contribution in [3.05, 3.63) is 64.7 Å². The van der Waals surface area contributed by atoms with Crippen LogP contribution in [0.4, 0.5) is 11.4 Å². The van der Waals surface area contributed by atoms with E-state index in [1.54, 1.807) is 36.4 Å². The van der Waals surface area contributed by atoms with Crippen molar-refractivity contribution in [1.29, 1.82) is 0 Å². The number of rotatable bonds is 4. The molecule has 7 nitrogen and oxygen atoms in total. The summed E-state index contributed by atoms with van der Waals surface area (Å²) in [7, 11) is 0. The van der Waals surface area contributed by atoms with Gasteiger partial charge in [0.15, 0.2) is 0 Å². The maximum atomic E-state index is 12.9. The Kier molecular flexibility index (Phi) is 5.91. The molecule has 0 aromatic heterocycles. The largest absolute Gasteiger partial charge is 0.426 e. The zero-order chi connectivity index (χ0) is 24.0. The summed E-state index contributed by atoms with van der Waals surface area (Å²) in [5, 5.41) is 0.561. The molecule has 174 valence electrons. The summed E-state index contributed by atoms with van der Waals surface area (Å²) in [6.07, 6.45) is 4.92. The molecule has 3 atom stereocenters. The summed E-state index contributed by atoms with van der Waals surface area (Å²) in [5.41, 5.74) is 0.808. The Morgan fingerprint density at radius 3 is 2.32 bits per heavy atom. The van der Waals surface area contributed by atoms with Gasteiger partial charge in [-0.25, -0.2) is 4.90 Å². The van der Waals surface area contributed by atoms with Gasteiger partial charge >= 0.3 is 5.97 Å². The van der Waals surface area contributed by atoms with Crippen LogP contribution in [0.3, 0.4) is 0 Å². The SMILES string of the molecule is O=C(Oc1cccc(N2C(=O)[C@H]3CC=CC[C@H]3C2=O)c1)[C@@H]1CC(=O)N(c2cccc(Cl)c2Cl)C1. The monoisotopic (exact) mass is 498 g/mol. The molecule has 1 aliphatic carbocycles. The number of esters is 1. The topological polar surface area (TPSA) is 84.0 Å². The second kappa shape index (κ2) is 8.89. The molecule has 0 radical (unpaired) electrons. The molecule has 0 spiro atoms. The molecule has 0 unspecified atom stereocenters. The van der Waals surface area contributed by atoms with Crippen LogP contribution < -0.4 is 14.5 Å². The van der Waals surface area contributed by atoms with Crippen LogP contribution in [-0.2, 0) is 19.2 Å². The Bertz CT molecular complexity index is 1220. The first-order valence-electron chi connectivity index (χ1n) is 10.9. The average molecular weight is 499 g/mol. The van der Waals surface area contributed by atoms with Crippen LogP contribution in [0.15, 0.2) is 54.6 Å². The molecular weight excluding hydrogens is 479 g/mol. The number of imide groups is 1. The fourth-order valence-electron chi connectivity index (χ4n) is 4.74. The van der Waals surface area contributed by atoms with Crippen molar-refractivity contribution < 1.29 is 23.9 Å². The molecule has 0 saturated carbocycles. The van der Waals surface area contributed by atoms with Gasteiger partial charge in [0.2, 0.25) is 17.7 Å². The normalized spacial score (nSPS) is 24.1. The van der Waals surface area contributed by atoms with Crippen LogP contribution in [0.1, 0.15) is 19.3 Å². The minimum absolute atomic E-state index is 0.0270. The van der Waals surface area contributed by atoms with Crippen molar-refractivity contribution in [2.75, 3.05) is 16.3 Å². The van der Waals surface area contributed by atoms with Crippen molar-refractivity contribution >= 4 is 58.3 Å². The molecule has 2 fully saturated rings. The molecule has 9 heteroatoms. The van der Waals surface area contributed by atoms with E-state index in [1.165, 1.54) is 15.9 Å². The number of hydrogen-bond acceptors (Lipinski definition) is 5. The molecule has 34 heavy (non-hydrogen) atoms. The summed E-state index contributed by atoms with van der Waals surface area (Å²) < 4.78 is 5.54. The number of fused-ring (bicyclic) bond motifs is 1. The van der Waals surface area contributed by atoms with Gasteiger partial charge in [-0.3, -0.25) is 19.2 Å². The van der Waals surface area contributed by atoms with Gasteiger partial charge in [-0.1, -0.05) is 47.5 Å². The number of nitrogens with zero attached hydrogens (tertiary/aromatic N) is 2. The lowest BCUT2D eigenvalue weighted by Crippen LogP contribution is -2.31. The van der Waals surface area contributed by atoms with Crippen molar-refractivity contribution in [1.82, 2.24) is 0 Å². The average Bonchev–Trinajstić information content (AvgIpc) is 3.33. The van der Waals surface area contributed by atoms with E-state index in [2.05, 4.69) is 0 Å². The van der Waals surface area contributed by atoms with E-state index in [9.17, 15) is 19.2 Å². The molecule has 2 saturated heterocycles. The predicted octanol–water partition coefficient (Wildman–Crippen LogP) is 4.41. The number of amides is 3. The number of anilines is 2. The maximum Gasteiger partial charge on any atom is 0.316 e. The smallest absolute Gasteiger partial charge is 0.316 e. The van der Waals surface area contributed by atoms with E-state index in [4.69, 9.17) is 27.9 Å². The lowest BCUT2D eigenvalue weighted by molar-refractivity contribution is -0.139. The van der Waals surface area contributed by atoms with Gasteiger partial charge in [0, 0.05) is 19.0 Å². The lowest BCUT2D eigenvalue weighted by Gasteiger charge is -2.18. The van der Waals surface area contributed by atoms with Crippen molar-refractivity contribution in [3.63, 3.8) is 0 Å². The highest BCUT2D eigenvalue weighted by molar-refractivity contribution is 6.44. The van der Waals surface area contributed by atoms with E-state index < -0.39 is 11.9 Å². The molecule has 3 amide bonds. The molecular formula is C25H20Cl2N2O5. The number of ether oxygens (including phenoxy) is 1. The molecule has 2 aromatic carbocycles. The minimum atomic E-state index is -0.699. The molecule has 2 aliphatic heterocycles. The Balaban J connectivity index is 1.30. The third kappa shape index (κ3) is 3.89. The fraction of sp³-hybridized carbons (Fsp3) is 0.280. The number of carbonyl (C=O) groups excluding carboxylic acids is 4. The molecule has 0 bridgehead atoms. The number of hydrogen-bond donors (Lipinski definition) is 0. The fourth-order valence-corrected chi connectivity index (χ4v) is 5.14. The van der Waals surface area contributed by atoms with E-state index in [1.807, 2.05) is 12.2 Å². The maximum absolute atomic E-state index is 12.9. The standard InChI is InChI=1S/C25H20Cl2N2O5/c26-19-9-4-10-20(22(19)27)28-13-14(11-21(28)30)25(33)34-16-6-3-5-15(12-16)29-23(31)17-7-1-2-8-18(17)24(29)32/h1-6,9-10,12,14,17-18H,7-8,11,13H2/t14-,17-,18+/m1/s1. The van der Waals surface area contributed by atoms with E-state index in [0.29, 0.717) is 29.2 Å². The van der Waals surface area contributed by atoms with Crippen LogP contribution in [0.5, 0.6) is 5.75 Å². The Labute approximate surface area is 205 Å². The summed E-state index contributed by atoms with van der Waals surface area (Å²) >= 11 is 12.3. The van der Waals surface area contributed by atoms with Gasteiger partial charge in [0.1, 0.15) is 5.75 Å². The first kappa shape index (κ1) is 22.6. The molecule has 2 aromatic rings. The second-order valence-corrected chi connectivity index (χ2v) is 9.35. The highest BCUT2D eigenvalue weighted by Crippen LogP contribution is 2.39. The zero-order valence-corrected chi connectivity index (χ0v) is 19.5. The summed E-state index contributed by atoms with van der Waals surface area (Å²) in [6, 6.07) is 11.3. The van der Waals surface area contributed by atoms with Crippen LogP contribution in [0.25, 0.3) is 0 Å². The predicted molar refractivity (Wildman–Crippen MR) is 127 cm³/mol. The third-order valence-electron chi connectivity index (χ3n) is 6.48. The van der Waals surface area contributed by atoms with Gasteiger partial charge < -0.3 is 9.64 Å². The van der Waals surface area contributed by atoms with Crippen LogP contribution in [0, 0.1) is 17.8 Å². The first-order valence-corrected chi connectivity index (χ1v) is 11.7. The highest BCUT2D eigenvalue weighted by atomic mass is 35.5. The second-order valence-electron chi connectivity index (χ2n) is 8.56. The van der Waals surface area contributed by atoms with Crippen molar-refractivity contribution in [2.45, 2.75) is 19.3 Å². The van der Waals surface area contributed by atoms with Crippen molar-refractivity contribution in [3.8, 4) is 5.75 Å². The van der Waals surface area contributed by atoms with Crippen molar-refractivity contribution in [2.24, 2.45) is 17.8 Å². The minimum Gasteiger partial charge on any atom is -0.426 e. The van der Waals surface area contributed by atoms with E-state index in [-0.39, 0.29) is 53.3 Å². The quantitative estimate of drug-likeness (QED) is 0.270. The number of carbonyl (C=O) groups is 4. The molecule has 3 aliphatic rings.